The molecular formula is C23H26N2O4S. The Morgan fingerprint density at radius 2 is 1.63 bits per heavy atom. The van der Waals surface area contributed by atoms with Crippen LogP contribution in [0.4, 0.5) is 0 Å². The molecule has 0 spiro atoms. The normalized spacial score (nSPS) is 12.7. The number of amides is 1. The minimum Gasteiger partial charge on any atom is -0.496 e. The van der Waals surface area contributed by atoms with Crippen LogP contribution in [-0.2, 0) is 21.4 Å². The number of sulfonamides is 1. The van der Waals surface area contributed by atoms with E-state index in [0.29, 0.717) is 5.75 Å². The lowest BCUT2D eigenvalue weighted by Crippen LogP contribution is -2.49. The van der Waals surface area contributed by atoms with Crippen LogP contribution < -0.4 is 14.8 Å². The van der Waals surface area contributed by atoms with Crippen LogP contribution in [0.1, 0.15) is 19.4 Å². The van der Waals surface area contributed by atoms with E-state index in [1.165, 1.54) is 0 Å². The number of hydrogen-bond donors (Lipinski definition) is 2. The summed E-state index contributed by atoms with van der Waals surface area (Å²) in [6, 6.07) is 18.9. The van der Waals surface area contributed by atoms with Crippen molar-refractivity contribution in [2.75, 3.05) is 7.11 Å². The summed E-state index contributed by atoms with van der Waals surface area (Å²) in [6.07, 6.45) is 0. The summed E-state index contributed by atoms with van der Waals surface area (Å²) in [5.74, 6) is 0.0359. The zero-order valence-electron chi connectivity index (χ0n) is 17.3. The summed E-state index contributed by atoms with van der Waals surface area (Å²) >= 11 is 0. The van der Waals surface area contributed by atoms with Gasteiger partial charge in [0.05, 0.1) is 12.0 Å². The number of ether oxygens (including phenoxy) is 1. The lowest BCUT2D eigenvalue weighted by atomic mass is 10.0. The molecule has 3 rings (SSSR count). The van der Waals surface area contributed by atoms with E-state index in [0.717, 1.165) is 16.3 Å². The molecule has 7 heteroatoms. The number of carbonyl (C=O) groups excluding carboxylic acids is 1. The number of fused-ring (bicyclic) bond motifs is 1. The van der Waals surface area contributed by atoms with E-state index in [4.69, 9.17) is 4.74 Å². The molecule has 0 aliphatic rings. The largest absolute Gasteiger partial charge is 0.496 e. The summed E-state index contributed by atoms with van der Waals surface area (Å²) in [5, 5.41) is 4.58. The molecule has 0 aliphatic heterocycles. The fraction of sp³-hybridized carbons (Fsp3) is 0.261. The average Bonchev–Trinajstić information content (AvgIpc) is 2.75. The summed E-state index contributed by atoms with van der Waals surface area (Å²) in [7, 11) is -2.31. The molecule has 158 valence electrons. The van der Waals surface area contributed by atoms with Crippen molar-refractivity contribution >= 4 is 26.7 Å². The van der Waals surface area contributed by atoms with Crippen LogP contribution in [0, 0.1) is 5.92 Å². The summed E-state index contributed by atoms with van der Waals surface area (Å²) < 4.78 is 33.8. The average molecular weight is 427 g/mol. The molecule has 30 heavy (non-hydrogen) atoms. The first-order valence-electron chi connectivity index (χ1n) is 9.72. The third kappa shape index (κ3) is 4.98. The molecule has 1 atom stereocenters. The van der Waals surface area contributed by atoms with Crippen molar-refractivity contribution in [1.29, 1.82) is 0 Å². The van der Waals surface area contributed by atoms with Gasteiger partial charge in [-0.15, -0.1) is 0 Å². The number of benzene rings is 3. The summed E-state index contributed by atoms with van der Waals surface area (Å²) in [4.78, 5) is 12.9. The maximum absolute atomic E-state index is 13.0. The Kier molecular flexibility index (Phi) is 6.74. The molecule has 1 amide bonds. The third-order valence-corrected chi connectivity index (χ3v) is 6.35. The van der Waals surface area contributed by atoms with Crippen LogP contribution >= 0.6 is 0 Å². The zero-order chi connectivity index (χ0) is 21.7. The SMILES string of the molecule is COc1ccccc1CNC(=O)C(NS(=O)(=O)c1ccc2ccccc2c1)C(C)C. The maximum atomic E-state index is 13.0. The summed E-state index contributed by atoms with van der Waals surface area (Å²) in [6.45, 7) is 3.84. The molecule has 3 aromatic carbocycles. The number of carbonyl (C=O) groups is 1. The highest BCUT2D eigenvalue weighted by Gasteiger charge is 2.28. The molecule has 0 bridgehead atoms. The first kappa shape index (κ1) is 21.8. The smallest absolute Gasteiger partial charge is 0.241 e. The van der Waals surface area contributed by atoms with Gasteiger partial charge in [-0.25, -0.2) is 8.42 Å². The van der Waals surface area contributed by atoms with Gasteiger partial charge in [0, 0.05) is 12.1 Å². The zero-order valence-corrected chi connectivity index (χ0v) is 18.1. The molecule has 6 nitrogen and oxygen atoms in total. The van der Waals surface area contributed by atoms with E-state index >= 15 is 0 Å². The van der Waals surface area contributed by atoms with Crippen molar-refractivity contribution in [3.8, 4) is 5.75 Å². The molecule has 0 heterocycles. The van der Waals surface area contributed by atoms with Crippen LogP contribution in [0.25, 0.3) is 10.8 Å². The number of hydrogen-bond acceptors (Lipinski definition) is 4. The Hall–Kier alpha value is -2.90. The predicted molar refractivity (Wildman–Crippen MR) is 118 cm³/mol. The Morgan fingerprint density at radius 3 is 2.33 bits per heavy atom. The van der Waals surface area contributed by atoms with Crippen LogP contribution in [0.2, 0.25) is 0 Å². The van der Waals surface area contributed by atoms with Crippen LogP contribution in [0.5, 0.6) is 5.75 Å². The van der Waals surface area contributed by atoms with Gasteiger partial charge in [-0.05, 0) is 34.9 Å². The van der Waals surface area contributed by atoms with Gasteiger partial charge >= 0.3 is 0 Å². The Bertz CT molecular complexity index is 1140. The van der Waals surface area contributed by atoms with E-state index in [-0.39, 0.29) is 23.3 Å². The topological polar surface area (TPSA) is 84.5 Å². The van der Waals surface area contributed by atoms with Crippen molar-refractivity contribution in [3.05, 3.63) is 72.3 Å². The van der Waals surface area contributed by atoms with Crippen molar-refractivity contribution in [2.24, 2.45) is 5.92 Å². The minimum absolute atomic E-state index is 0.129. The molecule has 0 saturated carbocycles. The molecule has 1 unspecified atom stereocenters. The molecule has 2 N–H and O–H groups in total. The van der Waals surface area contributed by atoms with E-state index in [1.54, 1.807) is 39.2 Å². The van der Waals surface area contributed by atoms with E-state index in [1.807, 2.05) is 48.5 Å². The molecule has 0 saturated heterocycles. The molecule has 0 fully saturated rings. The fourth-order valence-electron chi connectivity index (χ4n) is 3.20. The first-order chi connectivity index (χ1) is 14.3. The number of methoxy groups -OCH3 is 1. The Morgan fingerprint density at radius 1 is 0.967 bits per heavy atom. The Balaban J connectivity index is 1.77. The lowest BCUT2D eigenvalue weighted by Gasteiger charge is -2.22. The monoisotopic (exact) mass is 426 g/mol. The second-order valence-electron chi connectivity index (χ2n) is 7.38. The predicted octanol–water partition coefficient (Wildman–Crippen LogP) is 3.47. The lowest BCUT2D eigenvalue weighted by molar-refractivity contribution is -0.123. The molecule has 0 aliphatic carbocycles. The van der Waals surface area contributed by atoms with Crippen molar-refractivity contribution in [3.63, 3.8) is 0 Å². The molecule has 0 radical (unpaired) electrons. The maximum Gasteiger partial charge on any atom is 0.241 e. The quantitative estimate of drug-likeness (QED) is 0.578. The van der Waals surface area contributed by atoms with Crippen LogP contribution in [0.3, 0.4) is 0 Å². The Labute approximate surface area is 177 Å². The van der Waals surface area contributed by atoms with Crippen LogP contribution in [0.15, 0.2) is 71.6 Å². The van der Waals surface area contributed by atoms with Gasteiger partial charge in [-0.2, -0.15) is 4.72 Å². The number of nitrogens with one attached hydrogen (secondary N) is 2. The second kappa shape index (κ2) is 9.28. The van der Waals surface area contributed by atoms with Crippen molar-refractivity contribution in [2.45, 2.75) is 31.3 Å². The number of rotatable bonds is 8. The first-order valence-corrected chi connectivity index (χ1v) is 11.2. The minimum atomic E-state index is -3.87. The van der Waals surface area contributed by atoms with Gasteiger partial charge in [-0.1, -0.05) is 62.4 Å². The molecular weight excluding hydrogens is 400 g/mol. The van der Waals surface area contributed by atoms with Crippen molar-refractivity contribution in [1.82, 2.24) is 10.0 Å². The van der Waals surface area contributed by atoms with Gasteiger partial charge < -0.3 is 10.1 Å². The van der Waals surface area contributed by atoms with Gasteiger partial charge in [0.15, 0.2) is 0 Å². The van der Waals surface area contributed by atoms with Gasteiger partial charge in [-0.3, -0.25) is 4.79 Å². The molecule has 3 aromatic rings. The van der Waals surface area contributed by atoms with E-state index in [2.05, 4.69) is 10.0 Å². The van der Waals surface area contributed by atoms with Crippen LogP contribution in [-0.4, -0.2) is 27.5 Å². The third-order valence-electron chi connectivity index (χ3n) is 4.91. The molecule has 0 aromatic heterocycles. The van der Waals surface area contributed by atoms with E-state index < -0.39 is 16.1 Å². The highest BCUT2D eigenvalue weighted by atomic mass is 32.2. The van der Waals surface area contributed by atoms with Crippen molar-refractivity contribution < 1.29 is 17.9 Å². The fourth-order valence-corrected chi connectivity index (χ4v) is 4.58. The summed E-state index contributed by atoms with van der Waals surface area (Å²) in [5.41, 5.74) is 0.813. The number of para-hydroxylation sites is 1. The van der Waals surface area contributed by atoms with Gasteiger partial charge in [0.2, 0.25) is 15.9 Å². The van der Waals surface area contributed by atoms with Gasteiger partial charge in [0.25, 0.3) is 0 Å². The van der Waals surface area contributed by atoms with E-state index in [9.17, 15) is 13.2 Å². The highest BCUT2D eigenvalue weighted by molar-refractivity contribution is 7.89. The highest BCUT2D eigenvalue weighted by Crippen LogP contribution is 2.20. The second-order valence-corrected chi connectivity index (χ2v) is 9.10. The van der Waals surface area contributed by atoms with Gasteiger partial charge in [0.1, 0.15) is 11.8 Å². The standard InChI is InChI=1S/C23H26N2O4S/c1-16(2)22(23(26)24-15-19-10-6-7-11-21(19)29-3)25-30(27,28)20-13-12-17-8-4-5-9-18(17)14-20/h4-14,16,22,25H,15H2,1-3H3,(H,24,26).